The minimum atomic E-state index is -0.371. The predicted molar refractivity (Wildman–Crippen MR) is 66.1 cm³/mol. The van der Waals surface area contributed by atoms with Crippen LogP contribution in [0.15, 0.2) is 35.8 Å². The monoisotopic (exact) mass is 248 g/mol. The molecule has 2 rings (SSSR count). The van der Waals surface area contributed by atoms with Crippen LogP contribution in [-0.2, 0) is 0 Å². The van der Waals surface area contributed by atoms with E-state index in [1.165, 1.54) is 12.3 Å². The quantitative estimate of drug-likeness (QED) is 0.876. The molecule has 0 saturated heterocycles. The Morgan fingerprint density at radius 1 is 1.47 bits per heavy atom. The number of hydrogen-bond donors (Lipinski definition) is 2. The summed E-state index contributed by atoms with van der Waals surface area (Å²) in [5.74, 6) is -0.479. The fraction of sp³-hybridized carbons (Fsp3) is 0.167. The molecule has 0 aliphatic heterocycles. The molecule has 2 N–H and O–H groups in total. The van der Waals surface area contributed by atoms with Crippen LogP contribution in [0.1, 0.15) is 28.3 Å². The number of nitrogens with zero attached hydrogens (tertiary/aromatic N) is 1. The molecule has 0 aliphatic rings. The maximum Gasteiger partial charge on any atom is 0.274 e. The molecule has 1 atom stereocenters. The lowest BCUT2D eigenvalue weighted by molar-refractivity contribution is 0.0932. The van der Waals surface area contributed by atoms with Crippen molar-refractivity contribution in [3.05, 3.63) is 46.4 Å². The van der Waals surface area contributed by atoms with Crippen LogP contribution in [0.5, 0.6) is 5.75 Å². The Bertz CT molecular complexity index is 511. The average Bonchev–Trinajstić information content (AvgIpc) is 2.82. The van der Waals surface area contributed by atoms with Crippen LogP contribution in [0, 0.1) is 0 Å². The summed E-state index contributed by atoms with van der Waals surface area (Å²) in [7, 11) is 0. The third-order valence-corrected chi connectivity index (χ3v) is 3.37. The van der Waals surface area contributed by atoms with Crippen molar-refractivity contribution < 1.29 is 9.90 Å². The molecule has 0 aromatic carbocycles. The molecule has 0 aliphatic carbocycles. The van der Waals surface area contributed by atoms with E-state index in [0.717, 1.165) is 4.88 Å². The van der Waals surface area contributed by atoms with Gasteiger partial charge in [0.2, 0.25) is 0 Å². The van der Waals surface area contributed by atoms with Gasteiger partial charge >= 0.3 is 0 Å². The first kappa shape index (κ1) is 11.6. The Kier molecular flexibility index (Phi) is 3.39. The summed E-state index contributed by atoms with van der Waals surface area (Å²) < 4.78 is 0. The first-order chi connectivity index (χ1) is 8.18. The molecule has 2 aromatic rings. The lowest BCUT2D eigenvalue weighted by atomic mass is 10.2. The number of carbonyl (C=O) groups is 1. The Hall–Kier alpha value is -1.88. The van der Waals surface area contributed by atoms with Crippen molar-refractivity contribution >= 4 is 17.2 Å². The lowest BCUT2D eigenvalue weighted by Gasteiger charge is -2.12. The Morgan fingerprint density at radius 3 is 2.94 bits per heavy atom. The lowest BCUT2D eigenvalue weighted by Crippen LogP contribution is -2.26. The molecule has 4 nitrogen and oxygen atoms in total. The van der Waals surface area contributed by atoms with Crippen LogP contribution in [0.2, 0.25) is 0 Å². The number of nitrogens with one attached hydrogen (secondary N) is 1. The number of hydrogen-bond acceptors (Lipinski definition) is 4. The van der Waals surface area contributed by atoms with Crippen molar-refractivity contribution in [2.45, 2.75) is 13.0 Å². The fourth-order valence-electron chi connectivity index (χ4n) is 1.45. The molecule has 2 heterocycles. The van der Waals surface area contributed by atoms with Gasteiger partial charge in [-0.05, 0) is 30.5 Å². The van der Waals surface area contributed by atoms with Gasteiger partial charge in [-0.2, -0.15) is 0 Å². The zero-order valence-electron chi connectivity index (χ0n) is 9.25. The second kappa shape index (κ2) is 4.97. The first-order valence-electron chi connectivity index (χ1n) is 5.16. The molecular formula is C12H12N2O2S. The van der Waals surface area contributed by atoms with Gasteiger partial charge < -0.3 is 10.4 Å². The highest BCUT2D eigenvalue weighted by molar-refractivity contribution is 7.10. The standard InChI is InChI=1S/C12H12N2O2S/c1-8(10-5-3-7-17-10)14-12(16)11-9(15)4-2-6-13-11/h2-8,15H,1H3,(H,14,16). The second-order valence-electron chi connectivity index (χ2n) is 3.58. The van der Waals surface area contributed by atoms with E-state index in [-0.39, 0.29) is 23.4 Å². The number of aromatic nitrogens is 1. The van der Waals surface area contributed by atoms with E-state index >= 15 is 0 Å². The Balaban J connectivity index is 2.10. The zero-order valence-corrected chi connectivity index (χ0v) is 10.1. The number of carbonyl (C=O) groups excluding carboxylic acids is 1. The Labute approximate surface area is 103 Å². The Morgan fingerprint density at radius 2 is 2.29 bits per heavy atom. The number of thiophene rings is 1. The minimum absolute atomic E-state index is 0.0518. The summed E-state index contributed by atoms with van der Waals surface area (Å²) in [6.45, 7) is 1.89. The molecule has 88 valence electrons. The van der Waals surface area contributed by atoms with Crippen LogP contribution in [0.3, 0.4) is 0 Å². The maximum absolute atomic E-state index is 11.8. The number of aromatic hydroxyl groups is 1. The molecule has 0 fully saturated rings. The van der Waals surface area contributed by atoms with Gasteiger partial charge in [-0.25, -0.2) is 4.98 Å². The van der Waals surface area contributed by atoms with Crippen LogP contribution >= 0.6 is 11.3 Å². The smallest absolute Gasteiger partial charge is 0.274 e. The van der Waals surface area contributed by atoms with Crippen molar-refractivity contribution in [2.24, 2.45) is 0 Å². The van der Waals surface area contributed by atoms with Crippen LogP contribution in [0.25, 0.3) is 0 Å². The first-order valence-corrected chi connectivity index (χ1v) is 6.04. The van der Waals surface area contributed by atoms with Crippen molar-refractivity contribution in [3.8, 4) is 5.75 Å². The number of pyridine rings is 1. The van der Waals surface area contributed by atoms with Gasteiger partial charge in [0.15, 0.2) is 5.69 Å². The number of amides is 1. The summed E-state index contributed by atoms with van der Waals surface area (Å²) in [6.07, 6.45) is 1.48. The highest BCUT2D eigenvalue weighted by Gasteiger charge is 2.15. The van der Waals surface area contributed by atoms with Gasteiger partial charge in [0.05, 0.1) is 6.04 Å². The van der Waals surface area contributed by atoms with Gasteiger partial charge in [-0.3, -0.25) is 4.79 Å². The third-order valence-electron chi connectivity index (χ3n) is 2.32. The van der Waals surface area contributed by atoms with Crippen molar-refractivity contribution in [2.75, 3.05) is 0 Å². The van der Waals surface area contributed by atoms with Crippen LogP contribution in [-0.4, -0.2) is 16.0 Å². The summed E-state index contributed by atoms with van der Waals surface area (Å²) in [5.41, 5.74) is 0.0518. The van der Waals surface area contributed by atoms with Gasteiger partial charge in [0, 0.05) is 11.1 Å². The van der Waals surface area contributed by atoms with E-state index in [0.29, 0.717) is 0 Å². The van der Waals surface area contributed by atoms with Gasteiger partial charge in [-0.15, -0.1) is 11.3 Å². The SMILES string of the molecule is CC(NC(=O)c1ncccc1O)c1cccs1. The second-order valence-corrected chi connectivity index (χ2v) is 4.56. The van der Waals surface area contributed by atoms with E-state index in [2.05, 4.69) is 10.3 Å². The summed E-state index contributed by atoms with van der Waals surface area (Å²) in [6, 6.07) is 6.81. The molecular weight excluding hydrogens is 236 g/mol. The van der Waals surface area contributed by atoms with E-state index in [1.807, 2.05) is 24.4 Å². The summed E-state index contributed by atoms with van der Waals surface area (Å²) in [5, 5.41) is 14.2. The predicted octanol–water partition coefficient (Wildman–Crippen LogP) is 2.34. The molecule has 17 heavy (non-hydrogen) atoms. The minimum Gasteiger partial charge on any atom is -0.505 e. The van der Waals surface area contributed by atoms with Gasteiger partial charge in [-0.1, -0.05) is 6.07 Å². The molecule has 0 radical (unpaired) electrons. The average molecular weight is 248 g/mol. The number of rotatable bonds is 3. The summed E-state index contributed by atoms with van der Waals surface area (Å²) in [4.78, 5) is 16.8. The van der Waals surface area contributed by atoms with Crippen molar-refractivity contribution in [3.63, 3.8) is 0 Å². The fourth-order valence-corrected chi connectivity index (χ4v) is 2.18. The van der Waals surface area contributed by atoms with E-state index < -0.39 is 0 Å². The van der Waals surface area contributed by atoms with Crippen LogP contribution < -0.4 is 5.32 Å². The van der Waals surface area contributed by atoms with Gasteiger partial charge in [0.1, 0.15) is 5.75 Å². The highest BCUT2D eigenvalue weighted by Crippen LogP contribution is 2.19. The molecule has 0 bridgehead atoms. The maximum atomic E-state index is 11.8. The highest BCUT2D eigenvalue weighted by atomic mass is 32.1. The van der Waals surface area contributed by atoms with E-state index in [4.69, 9.17) is 0 Å². The topological polar surface area (TPSA) is 62.2 Å². The molecule has 2 aromatic heterocycles. The molecule has 1 unspecified atom stereocenters. The van der Waals surface area contributed by atoms with E-state index in [1.54, 1.807) is 17.4 Å². The largest absolute Gasteiger partial charge is 0.505 e. The van der Waals surface area contributed by atoms with Crippen molar-refractivity contribution in [1.82, 2.24) is 10.3 Å². The third kappa shape index (κ3) is 2.62. The molecule has 0 saturated carbocycles. The van der Waals surface area contributed by atoms with E-state index in [9.17, 15) is 9.90 Å². The summed E-state index contributed by atoms with van der Waals surface area (Å²) >= 11 is 1.57. The van der Waals surface area contributed by atoms with Crippen LogP contribution in [0.4, 0.5) is 0 Å². The van der Waals surface area contributed by atoms with Gasteiger partial charge in [0.25, 0.3) is 5.91 Å². The molecule has 0 spiro atoms. The van der Waals surface area contributed by atoms with Crippen molar-refractivity contribution in [1.29, 1.82) is 0 Å². The molecule has 5 heteroatoms. The zero-order chi connectivity index (χ0) is 12.3. The normalized spacial score (nSPS) is 12.1. The molecule has 1 amide bonds.